The van der Waals surface area contributed by atoms with Gasteiger partial charge in [0.1, 0.15) is 0 Å². The number of carbonyl (C=O) groups is 2. The Balaban J connectivity index is 3.69. The molecule has 0 aromatic rings. The molecule has 0 aromatic heterocycles. The van der Waals surface area contributed by atoms with Gasteiger partial charge in [0.05, 0.1) is 6.54 Å². The highest BCUT2D eigenvalue weighted by Gasteiger charge is 2.14. The van der Waals surface area contributed by atoms with Crippen LogP contribution in [0.2, 0.25) is 0 Å². The van der Waals surface area contributed by atoms with Crippen molar-refractivity contribution < 1.29 is 19.8 Å². The van der Waals surface area contributed by atoms with E-state index in [1.165, 1.54) is 0 Å². The molecule has 2 atom stereocenters. The van der Waals surface area contributed by atoms with Crippen molar-refractivity contribution in [1.82, 2.24) is 5.32 Å². The second kappa shape index (κ2) is 6.33. The fraction of sp³-hybridized carbons (Fsp3) is 0.750. The number of aliphatic hydroxyl groups is 1. The van der Waals surface area contributed by atoms with E-state index >= 15 is 0 Å². The third kappa shape index (κ3) is 5.50. The minimum atomic E-state index is -1.56. The number of carboxylic acid groups (broad SMARTS) is 1. The third-order valence-corrected chi connectivity index (χ3v) is 1.75. The molecule has 0 spiro atoms. The zero-order chi connectivity index (χ0) is 11.1. The summed E-state index contributed by atoms with van der Waals surface area (Å²) in [5, 5.41) is 19.4. The first-order valence-electron chi connectivity index (χ1n) is 4.40. The summed E-state index contributed by atoms with van der Waals surface area (Å²) in [5.41, 5.74) is 5.50. The van der Waals surface area contributed by atoms with E-state index in [4.69, 9.17) is 15.9 Å². The number of amides is 1. The lowest BCUT2D eigenvalue weighted by molar-refractivity contribution is -0.146. The molecule has 82 valence electrons. The van der Waals surface area contributed by atoms with E-state index < -0.39 is 12.1 Å². The molecule has 0 aliphatic heterocycles. The number of hydrogen-bond acceptors (Lipinski definition) is 4. The number of carboxylic acids is 1. The Hall–Kier alpha value is -1.14. The maximum Gasteiger partial charge on any atom is 0.334 e. The zero-order valence-corrected chi connectivity index (χ0v) is 8.06. The summed E-state index contributed by atoms with van der Waals surface area (Å²) in [5.74, 6) is -1.70. The molecule has 0 saturated carbocycles. The Bertz CT molecular complexity index is 208. The van der Waals surface area contributed by atoms with Crippen LogP contribution in [0.15, 0.2) is 0 Å². The van der Waals surface area contributed by atoms with Crippen LogP contribution < -0.4 is 11.1 Å². The summed E-state index contributed by atoms with van der Waals surface area (Å²) in [4.78, 5) is 21.2. The van der Waals surface area contributed by atoms with E-state index in [0.717, 1.165) is 0 Å². The molecular formula is C8H16N2O4. The van der Waals surface area contributed by atoms with Crippen LogP contribution in [0.25, 0.3) is 0 Å². The number of aliphatic hydroxyl groups excluding tert-OH is 1. The SMILES string of the molecule is CCC(N)CC(=O)NCC(O)C(=O)O. The second-order valence-corrected chi connectivity index (χ2v) is 3.03. The Kier molecular flexibility index (Phi) is 5.82. The molecule has 2 unspecified atom stereocenters. The fourth-order valence-corrected chi connectivity index (χ4v) is 0.752. The van der Waals surface area contributed by atoms with Crippen LogP contribution in [0.5, 0.6) is 0 Å². The predicted octanol–water partition coefficient (Wildman–Crippen LogP) is -1.32. The van der Waals surface area contributed by atoms with Gasteiger partial charge in [0, 0.05) is 12.5 Å². The predicted molar refractivity (Wildman–Crippen MR) is 49.5 cm³/mol. The molecule has 0 saturated heterocycles. The maximum atomic E-state index is 11.0. The van der Waals surface area contributed by atoms with Crippen molar-refractivity contribution in [3.8, 4) is 0 Å². The summed E-state index contributed by atoms with van der Waals surface area (Å²) >= 11 is 0. The van der Waals surface area contributed by atoms with Gasteiger partial charge in [-0.3, -0.25) is 4.79 Å². The van der Waals surface area contributed by atoms with Crippen molar-refractivity contribution in [3.05, 3.63) is 0 Å². The molecule has 0 heterocycles. The Labute approximate surface area is 82.1 Å². The minimum Gasteiger partial charge on any atom is -0.479 e. The van der Waals surface area contributed by atoms with Gasteiger partial charge in [-0.15, -0.1) is 0 Å². The number of aliphatic carboxylic acids is 1. The van der Waals surface area contributed by atoms with Gasteiger partial charge in [-0.05, 0) is 6.42 Å². The highest BCUT2D eigenvalue weighted by molar-refractivity contribution is 5.78. The van der Waals surface area contributed by atoms with Crippen molar-refractivity contribution in [3.63, 3.8) is 0 Å². The van der Waals surface area contributed by atoms with Crippen molar-refractivity contribution in [2.24, 2.45) is 5.73 Å². The summed E-state index contributed by atoms with van der Waals surface area (Å²) in [6.45, 7) is 1.56. The van der Waals surface area contributed by atoms with Gasteiger partial charge in [-0.2, -0.15) is 0 Å². The minimum absolute atomic E-state index is 0.142. The van der Waals surface area contributed by atoms with Gasteiger partial charge in [0.2, 0.25) is 5.91 Å². The fourth-order valence-electron chi connectivity index (χ4n) is 0.752. The molecule has 1 amide bonds. The first kappa shape index (κ1) is 12.9. The van der Waals surface area contributed by atoms with Gasteiger partial charge >= 0.3 is 5.97 Å². The molecular weight excluding hydrogens is 188 g/mol. The Morgan fingerprint density at radius 3 is 2.50 bits per heavy atom. The Morgan fingerprint density at radius 1 is 1.50 bits per heavy atom. The van der Waals surface area contributed by atoms with E-state index in [1.807, 2.05) is 6.92 Å². The lowest BCUT2D eigenvalue weighted by Crippen LogP contribution is -2.38. The van der Waals surface area contributed by atoms with Crippen LogP contribution in [0, 0.1) is 0 Å². The van der Waals surface area contributed by atoms with Crippen molar-refractivity contribution in [2.45, 2.75) is 31.9 Å². The van der Waals surface area contributed by atoms with Crippen molar-refractivity contribution in [2.75, 3.05) is 6.54 Å². The first-order valence-corrected chi connectivity index (χ1v) is 4.40. The molecule has 0 fully saturated rings. The Morgan fingerprint density at radius 2 is 2.07 bits per heavy atom. The largest absolute Gasteiger partial charge is 0.479 e. The molecule has 0 radical (unpaired) electrons. The van der Waals surface area contributed by atoms with Crippen LogP contribution >= 0.6 is 0 Å². The normalized spacial score (nSPS) is 14.5. The average Bonchev–Trinajstić information content (AvgIpc) is 2.13. The lowest BCUT2D eigenvalue weighted by atomic mass is 10.1. The quantitative estimate of drug-likeness (QED) is 0.428. The summed E-state index contributed by atoms with van der Waals surface area (Å²) in [6.07, 6.45) is -0.741. The van der Waals surface area contributed by atoms with Gasteiger partial charge < -0.3 is 21.3 Å². The summed E-state index contributed by atoms with van der Waals surface area (Å²) in [6, 6.07) is -0.225. The van der Waals surface area contributed by atoms with E-state index in [9.17, 15) is 9.59 Å². The molecule has 0 aliphatic rings. The van der Waals surface area contributed by atoms with Crippen LogP contribution in [0.3, 0.4) is 0 Å². The van der Waals surface area contributed by atoms with E-state index in [2.05, 4.69) is 5.32 Å². The molecule has 6 heteroatoms. The third-order valence-electron chi connectivity index (χ3n) is 1.75. The number of nitrogens with two attached hydrogens (primary N) is 1. The maximum absolute atomic E-state index is 11.0. The summed E-state index contributed by atoms with van der Waals surface area (Å²) < 4.78 is 0. The van der Waals surface area contributed by atoms with Crippen molar-refractivity contribution >= 4 is 11.9 Å². The van der Waals surface area contributed by atoms with E-state index in [-0.39, 0.29) is 24.9 Å². The number of carbonyl (C=O) groups excluding carboxylic acids is 1. The number of nitrogens with one attached hydrogen (secondary N) is 1. The monoisotopic (exact) mass is 204 g/mol. The van der Waals surface area contributed by atoms with Gasteiger partial charge in [0.15, 0.2) is 6.10 Å². The highest BCUT2D eigenvalue weighted by Crippen LogP contribution is 1.92. The molecule has 0 bridgehead atoms. The molecule has 14 heavy (non-hydrogen) atoms. The molecule has 0 rings (SSSR count). The number of rotatable bonds is 6. The highest BCUT2D eigenvalue weighted by atomic mass is 16.4. The second-order valence-electron chi connectivity index (χ2n) is 3.03. The molecule has 0 aromatic carbocycles. The topological polar surface area (TPSA) is 113 Å². The van der Waals surface area contributed by atoms with E-state index in [0.29, 0.717) is 6.42 Å². The van der Waals surface area contributed by atoms with Crippen molar-refractivity contribution in [1.29, 1.82) is 0 Å². The van der Waals surface area contributed by atoms with Crippen LogP contribution in [0.4, 0.5) is 0 Å². The zero-order valence-electron chi connectivity index (χ0n) is 8.06. The van der Waals surface area contributed by atoms with E-state index in [1.54, 1.807) is 0 Å². The van der Waals surface area contributed by atoms with Gasteiger partial charge in [0.25, 0.3) is 0 Å². The molecule has 6 nitrogen and oxygen atoms in total. The first-order chi connectivity index (χ1) is 6.47. The summed E-state index contributed by atoms with van der Waals surface area (Å²) in [7, 11) is 0. The van der Waals surface area contributed by atoms with Gasteiger partial charge in [-0.25, -0.2) is 4.79 Å². The molecule has 5 N–H and O–H groups in total. The van der Waals surface area contributed by atoms with Crippen LogP contribution in [-0.4, -0.2) is 40.8 Å². The standard InChI is InChI=1S/C8H16N2O4/c1-2-5(9)3-7(12)10-4-6(11)8(13)14/h5-6,11H,2-4,9H2,1H3,(H,10,12)(H,13,14). The molecule has 0 aliphatic carbocycles. The average molecular weight is 204 g/mol. The van der Waals surface area contributed by atoms with Crippen LogP contribution in [0.1, 0.15) is 19.8 Å². The number of hydrogen-bond donors (Lipinski definition) is 4. The van der Waals surface area contributed by atoms with Crippen LogP contribution in [-0.2, 0) is 9.59 Å². The smallest absolute Gasteiger partial charge is 0.334 e. The van der Waals surface area contributed by atoms with Gasteiger partial charge in [-0.1, -0.05) is 6.92 Å². The lowest BCUT2D eigenvalue weighted by Gasteiger charge is -2.10.